The summed E-state index contributed by atoms with van der Waals surface area (Å²) in [7, 11) is 1.55. The quantitative estimate of drug-likeness (QED) is 0.530. The zero-order valence-electron chi connectivity index (χ0n) is 9.96. The van der Waals surface area contributed by atoms with Gasteiger partial charge in [0.25, 0.3) is 0 Å². The Bertz CT molecular complexity index is 430. The van der Waals surface area contributed by atoms with Crippen LogP contribution in [0.1, 0.15) is 17.2 Å². The average molecular weight is 252 g/mol. The Labute approximate surface area is 104 Å². The minimum absolute atomic E-state index is 0.125. The fraction of sp³-hybridized carbons (Fsp3) is 0.333. The van der Waals surface area contributed by atoms with E-state index in [0.29, 0.717) is 5.56 Å². The van der Waals surface area contributed by atoms with Crippen LogP contribution < -0.4 is 11.1 Å². The smallest absolute Gasteiger partial charge is 0.249 e. The van der Waals surface area contributed by atoms with Gasteiger partial charge < -0.3 is 21.3 Å². The predicted molar refractivity (Wildman–Crippen MR) is 64.4 cm³/mol. The molecule has 6 heteroatoms. The molecule has 1 rings (SSSR count). The van der Waals surface area contributed by atoms with Crippen LogP contribution in [-0.2, 0) is 16.0 Å². The van der Waals surface area contributed by atoms with E-state index in [4.69, 9.17) is 5.73 Å². The zero-order valence-corrected chi connectivity index (χ0v) is 9.96. The van der Waals surface area contributed by atoms with Crippen molar-refractivity contribution in [2.45, 2.75) is 18.6 Å². The van der Waals surface area contributed by atoms with Gasteiger partial charge in [0, 0.05) is 7.05 Å². The lowest BCUT2D eigenvalue weighted by molar-refractivity contribution is -0.132. The van der Waals surface area contributed by atoms with Gasteiger partial charge >= 0.3 is 0 Å². The Balaban J connectivity index is 2.76. The van der Waals surface area contributed by atoms with Crippen molar-refractivity contribution in [2.24, 2.45) is 5.73 Å². The average Bonchev–Trinajstić information content (AvgIpc) is 2.37. The van der Waals surface area contributed by atoms with Crippen molar-refractivity contribution in [3.8, 4) is 0 Å². The van der Waals surface area contributed by atoms with Crippen molar-refractivity contribution in [3.63, 3.8) is 0 Å². The fourth-order valence-electron chi connectivity index (χ4n) is 1.44. The molecule has 18 heavy (non-hydrogen) atoms. The van der Waals surface area contributed by atoms with Gasteiger partial charge in [-0.05, 0) is 11.1 Å². The monoisotopic (exact) mass is 252 g/mol. The first kappa shape index (κ1) is 14.1. The van der Waals surface area contributed by atoms with Crippen LogP contribution in [0.15, 0.2) is 24.3 Å². The molecule has 0 saturated heterocycles. The molecule has 2 amide bonds. The number of primary amides is 1. The molecule has 1 aromatic carbocycles. The Hall–Kier alpha value is -1.92. The van der Waals surface area contributed by atoms with Gasteiger partial charge in [-0.3, -0.25) is 9.59 Å². The van der Waals surface area contributed by atoms with E-state index in [1.54, 1.807) is 19.2 Å². The third-order valence-corrected chi connectivity index (χ3v) is 2.56. The fourth-order valence-corrected chi connectivity index (χ4v) is 1.44. The number of aliphatic hydroxyl groups is 2. The molecule has 0 radical (unpaired) electrons. The first-order valence-electron chi connectivity index (χ1n) is 5.40. The van der Waals surface area contributed by atoms with E-state index in [1.165, 1.54) is 12.1 Å². The molecule has 0 aromatic heterocycles. The number of nitrogens with two attached hydrogens (primary N) is 1. The lowest BCUT2D eigenvalue weighted by Crippen LogP contribution is -2.33. The van der Waals surface area contributed by atoms with Gasteiger partial charge in [-0.25, -0.2) is 0 Å². The number of benzene rings is 1. The molecule has 0 heterocycles. The number of hydrogen-bond acceptors (Lipinski definition) is 4. The van der Waals surface area contributed by atoms with Crippen molar-refractivity contribution < 1.29 is 19.8 Å². The molecule has 5 N–H and O–H groups in total. The third kappa shape index (κ3) is 3.54. The van der Waals surface area contributed by atoms with E-state index in [-0.39, 0.29) is 12.3 Å². The minimum Gasteiger partial charge on any atom is -0.385 e. The van der Waals surface area contributed by atoms with Crippen LogP contribution >= 0.6 is 0 Å². The maximum Gasteiger partial charge on any atom is 0.249 e. The Kier molecular flexibility index (Phi) is 4.82. The SMILES string of the molecule is CNC(=O)Cc1ccc(C(O)C(O)C(N)=O)cc1. The molecular formula is C12H16N2O4. The maximum absolute atomic E-state index is 11.1. The van der Waals surface area contributed by atoms with Crippen LogP contribution in [0.4, 0.5) is 0 Å². The van der Waals surface area contributed by atoms with Crippen LogP contribution in [-0.4, -0.2) is 35.2 Å². The third-order valence-electron chi connectivity index (χ3n) is 2.56. The maximum atomic E-state index is 11.1. The van der Waals surface area contributed by atoms with Crippen LogP contribution in [0, 0.1) is 0 Å². The molecular weight excluding hydrogens is 236 g/mol. The molecule has 2 unspecified atom stereocenters. The molecule has 98 valence electrons. The van der Waals surface area contributed by atoms with Gasteiger partial charge in [0.1, 0.15) is 6.10 Å². The number of carbonyl (C=O) groups is 2. The van der Waals surface area contributed by atoms with Gasteiger partial charge in [0.2, 0.25) is 11.8 Å². The normalized spacial score (nSPS) is 13.7. The number of aliphatic hydroxyl groups excluding tert-OH is 2. The van der Waals surface area contributed by atoms with E-state index in [2.05, 4.69) is 5.32 Å². The lowest BCUT2D eigenvalue weighted by atomic mass is 10.0. The van der Waals surface area contributed by atoms with Crippen molar-refractivity contribution >= 4 is 11.8 Å². The Morgan fingerprint density at radius 2 is 1.83 bits per heavy atom. The van der Waals surface area contributed by atoms with Gasteiger partial charge in [-0.1, -0.05) is 24.3 Å². The van der Waals surface area contributed by atoms with Crippen LogP contribution in [0.5, 0.6) is 0 Å². The standard InChI is InChI=1S/C12H16N2O4/c1-14-9(15)6-7-2-4-8(5-3-7)10(16)11(17)12(13)18/h2-5,10-11,16-17H,6H2,1H3,(H2,13,18)(H,14,15). The molecule has 0 aliphatic carbocycles. The lowest BCUT2D eigenvalue weighted by Gasteiger charge is -2.15. The van der Waals surface area contributed by atoms with Gasteiger partial charge in [-0.2, -0.15) is 0 Å². The Morgan fingerprint density at radius 1 is 1.28 bits per heavy atom. The van der Waals surface area contributed by atoms with E-state index in [9.17, 15) is 19.8 Å². The number of hydrogen-bond donors (Lipinski definition) is 4. The molecule has 0 fully saturated rings. The molecule has 0 saturated carbocycles. The number of carbonyl (C=O) groups excluding carboxylic acids is 2. The first-order chi connectivity index (χ1) is 8.45. The highest BCUT2D eigenvalue weighted by atomic mass is 16.3. The van der Waals surface area contributed by atoms with Gasteiger partial charge in [0.05, 0.1) is 6.42 Å². The molecule has 2 atom stereocenters. The molecule has 6 nitrogen and oxygen atoms in total. The van der Waals surface area contributed by atoms with Crippen LogP contribution in [0.3, 0.4) is 0 Å². The van der Waals surface area contributed by atoms with E-state index in [0.717, 1.165) is 5.56 Å². The highest BCUT2D eigenvalue weighted by Gasteiger charge is 2.23. The molecule has 0 aliphatic rings. The van der Waals surface area contributed by atoms with E-state index < -0.39 is 18.1 Å². The van der Waals surface area contributed by atoms with Crippen molar-refractivity contribution in [1.29, 1.82) is 0 Å². The topological polar surface area (TPSA) is 113 Å². The van der Waals surface area contributed by atoms with Crippen molar-refractivity contribution in [1.82, 2.24) is 5.32 Å². The molecule has 0 bridgehead atoms. The second kappa shape index (κ2) is 6.13. The number of likely N-dealkylation sites (N-methyl/N-ethyl adjacent to an activating group) is 1. The predicted octanol–water partition coefficient (Wildman–Crippen LogP) is -1.15. The van der Waals surface area contributed by atoms with Crippen molar-refractivity contribution in [3.05, 3.63) is 35.4 Å². The second-order valence-electron chi connectivity index (χ2n) is 3.88. The zero-order chi connectivity index (χ0) is 13.7. The summed E-state index contributed by atoms with van der Waals surface area (Å²) in [5.74, 6) is -1.11. The summed E-state index contributed by atoms with van der Waals surface area (Å²) >= 11 is 0. The first-order valence-corrected chi connectivity index (χ1v) is 5.40. The van der Waals surface area contributed by atoms with Gasteiger partial charge in [-0.15, -0.1) is 0 Å². The van der Waals surface area contributed by atoms with Crippen LogP contribution in [0.25, 0.3) is 0 Å². The molecule has 1 aromatic rings. The summed E-state index contributed by atoms with van der Waals surface area (Å²) in [6.07, 6.45) is -2.78. The molecule has 0 aliphatic heterocycles. The van der Waals surface area contributed by atoms with Crippen molar-refractivity contribution in [2.75, 3.05) is 7.05 Å². The summed E-state index contributed by atoms with van der Waals surface area (Å²) in [6, 6.07) is 6.35. The highest BCUT2D eigenvalue weighted by Crippen LogP contribution is 2.17. The van der Waals surface area contributed by atoms with E-state index in [1.807, 2.05) is 0 Å². The summed E-state index contributed by atoms with van der Waals surface area (Å²) in [5, 5.41) is 21.5. The summed E-state index contributed by atoms with van der Waals surface area (Å²) in [6.45, 7) is 0. The van der Waals surface area contributed by atoms with Crippen LogP contribution in [0.2, 0.25) is 0 Å². The summed E-state index contributed by atoms with van der Waals surface area (Å²) < 4.78 is 0. The highest BCUT2D eigenvalue weighted by molar-refractivity contribution is 5.79. The number of amides is 2. The number of rotatable bonds is 5. The summed E-state index contributed by atoms with van der Waals surface area (Å²) in [4.78, 5) is 21.9. The van der Waals surface area contributed by atoms with E-state index >= 15 is 0 Å². The largest absolute Gasteiger partial charge is 0.385 e. The Morgan fingerprint density at radius 3 is 2.28 bits per heavy atom. The number of nitrogens with one attached hydrogen (secondary N) is 1. The van der Waals surface area contributed by atoms with Gasteiger partial charge in [0.15, 0.2) is 6.10 Å². The summed E-state index contributed by atoms with van der Waals surface area (Å²) in [5.41, 5.74) is 6.01. The minimum atomic E-state index is -1.64. The second-order valence-corrected chi connectivity index (χ2v) is 3.88. The molecule has 0 spiro atoms.